The van der Waals surface area contributed by atoms with E-state index < -0.39 is 0 Å². The first-order chi connectivity index (χ1) is 5.96. The molecule has 0 aromatic carbocycles. The molecular formula is C13H20. The lowest BCUT2D eigenvalue weighted by atomic mass is 9.65. The third kappa shape index (κ3) is 2.12. The molecule has 0 heterocycles. The first-order valence-electron chi connectivity index (χ1n) is 4.99. The van der Waals surface area contributed by atoms with Crippen LogP contribution in [0.25, 0.3) is 0 Å². The highest BCUT2D eigenvalue weighted by Crippen LogP contribution is 2.46. The fourth-order valence-electron chi connectivity index (χ4n) is 1.59. The molecule has 0 radical (unpaired) electrons. The summed E-state index contributed by atoms with van der Waals surface area (Å²) in [5.41, 5.74) is 4.07. The summed E-state index contributed by atoms with van der Waals surface area (Å²) in [5, 5.41) is 0. The number of rotatable bonds is 3. The van der Waals surface area contributed by atoms with Gasteiger partial charge in [0.15, 0.2) is 0 Å². The number of allylic oxidation sites excluding steroid dienone is 4. The third-order valence-electron chi connectivity index (χ3n) is 3.30. The second kappa shape index (κ2) is 3.53. The van der Waals surface area contributed by atoms with Gasteiger partial charge in [0.2, 0.25) is 0 Å². The Labute approximate surface area is 82.0 Å². The zero-order valence-electron chi connectivity index (χ0n) is 9.11. The number of hydrogen-bond acceptors (Lipinski definition) is 0. The van der Waals surface area contributed by atoms with E-state index in [9.17, 15) is 0 Å². The molecule has 0 aromatic rings. The van der Waals surface area contributed by atoms with Gasteiger partial charge in [0, 0.05) is 0 Å². The Morgan fingerprint density at radius 2 is 1.77 bits per heavy atom. The van der Waals surface area contributed by atoms with Gasteiger partial charge in [0.05, 0.1) is 0 Å². The highest BCUT2D eigenvalue weighted by atomic mass is 14.4. The van der Waals surface area contributed by atoms with E-state index in [0.717, 1.165) is 5.57 Å². The van der Waals surface area contributed by atoms with Crippen LogP contribution in [0.3, 0.4) is 0 Å². The largest absolute Gasteiger partial charge is 0.0958 e. The van der Waals surface area contributed by atoms with Crippen molar-refractivity contribution < 1.29 is 0 Å². The molecule has 0 spiro atoms. The zero-order chi connectivity index (χ0) is 10.1. The first-order valence-corrected chi connectivity index (χ1v) is 4.99. The lowest BCUT2D eigenvalue weighted by Gasteiger charge is -2.39. The van der Waals surface area contributed by atoms with Gasteiger partial charge in [0.1, 0.15) is 0 Å². The van der Waals surface area contributed by atoms with E-state index in [1.54, 1.807) is 0 Å². The molecule has 72 valence electrons. The Morgan fingerprint density at radius 1 is 1.23 bits per heavy atom. The molecular weight excluding hydrogens is 156 g/mol. The molecule has 0 aliphatic heterocycles. The quantitative estimate of drug-likeness (QED) is 0.564. The van der Waals surface area contributed by atoms with E-state index in [1.807, 2.05) is 6.92 Å². The molecule has 0 heteroatoms. The summed E-state index contributed by atoms with van der Waals surface area (Å²) in [7, 11) is 0. The second-order valence-electron chi connectivity index (χ2n) is 4.55. The van der Waals surface area contributed by atoms with Crippen LogP contribution in [-0.4, -0.2) is 0 Å². The highest BCUT2D eigenvalue weighted by molar-refractivity contribution is 5.35. The van der Waals surface area contributed by atoms with Crippen molar-refractivity contribution in [3.05, 3.63) is 36.0 Å². The van der Waals surface area contributed by atoms with Crippen LogP contribution in [-0.2, 0) is 0 Å². The van der Waals surface area contributed by atoms with Crippen LogP contribution in [0.15, 0.2) is 36.0 Å². The van der Waals surface area contributed by atoms with E-state index in [2.05, 4.69) is 33.1 Å². The molecule has 0 unspecified atom stereocenters. The molecule has 0 bridgehead atoms. The van der Waals surface area contributed by atoms with Crippen LogP contribution in [0.2, 0.25) is 0 Å². The predicted molar refractivity (Wildman–Crippen MR) is 59.7 cm³/mol. The van der Waals surface area contributed by atoms with Gasteiger partial charge in [-0.3, -0.25) is 0 Å². The molecule has 0 amide bonds. The van der Waals surface area contributed by atoms with Crippen molar-refractivity contribution in [1.29, 1.82) is 0 Å². The van der Waals surface area contributed by atoms with Gasteiger partial charge in [-0.05, 0) is 43.3 Å². The Balaban J connectivity index is 2.69. The van der Waals surface area contributed by atoms with Crippen LogP contribution in [0.4, 0.5) is 0 Å². The maximum atomic E-state index is 4.15. The van der Waals surface area contributed by atoms with Gasteiger partial charge in [0.25, 0.3) is 0 Å². The lowest BCUT2D eigenvalue weighted by Crippen LogP contribution is -2.26. The fourth-order valence-corrected chi connectivity index (χ4v) is 1.59. The van der Waals surface area contributed by atoms with Crippen LogP contribution in [0.1, 0.15) is 40.0 Å². The minimum Gasteiger partial charge on any atom is -0.0958 e. The minimum atomic E-state index is 0.386. The van der Waals surface area contributed by atoms with Crippen LogP contribution < -0.4 is 0 Å². The van der Waals surface area contributed by atoms with Crippen molar-refractivity contribution >= 4 is 0 Å². The SMILES string of the molecule is C=C(C)C(C)=CC(=C)C1(C)CCC1. The smallest absolute Gasteiger partial charge is 0.00810 e. The molecule has 0 aromatic heterocycles. The summed E-state index contributed by atoms with van der Waals surface area (Å²) >= 11 is 0. The van der Waals surface area contributed by atoms with Crippen molar-refractivity contribution in [3.8, 4) is 0 Å². The van der Waals surface area contributed by atoms with Crippen molar-refractivity contribution in [2.24, 2.45) is 5.41 Å². The summed E-state index contributed by atoms with van der Waals surface area (Å²) in [6, 6.07) is 0. The van der Waals surface area contributed by atoms with Gasteiger partial charge < -0.3 is 0 Å². The topological polar surface area (TPSA) is 0 Å². The second-order valence-corrected chi connectivity index (χ2v) is 4.55. The maximum Gasteiger partial charge on any atom is -0.00810 e. The van der Waals surface area contributed by atoms with Crippen LogP contribution in [0.5, 0.6) is 0 Å². The lowest BCUT2D eigenvalue weighted by molar-refractivity contribution is 0.221. The summed E-state index contributed by atoms with van der Waals surface area (Å²) < 4.78 is 0. The Bertz CT molecular complexity index is 262. The minimum absolute atomic E-state index is 0.386. The molecule has 0 atom stereocenters. The summed E-state index contributed by atoms with van der Waals surface area (Å²) in [6.45, 7) is 14.5. The van der Waals surface area contributed by atoms with E-state index in [1.165, 1.54) is 30.4 Å². The van der Waals surface area contributed by atoms with Crippen LogP contribution in [0, 0.1) is 5.41 Å². The normalized spacial score (nSPS) is 20.7. The summed E-state index contributed by atoms with van der Waals surface area (Å²) in [6.07, 6.45) is 6.15. The van der Waals surface area contributed by atoms with Gasteiger partial charge in [-0.1, -0.05) is 38.2 Å². The van der Waals surface area contributed by atoms with E-state index >= 15 is 0 Å². The molecule has 0 nitrogen and oxygen atoms in total. The average Bonchev–Trinajstić information content (AvgIpc) is 1.99. The highest BCUT2D eigenvalue weighted by Gasteiger charge is 2.33. The van der Waals surface area contributed by atoms with Crippen molar-refractivity contribution in [3.63, 3.8) is 0 Å². The van der Waals surface area contributed by atoms with Gasteiger partial charge >= 0.3 is 0 Å². The molecule has 0 N–H and O–H groups in total. The van der Waals surface area contributed by atoms with Gasteiger partial charge in [-0.15, -0.1) is 0 Å². The monoisotopic (exact) mass is 176 g/mol. The average molecular weight is 176 g/mol. The van der Waals surface area contributed by atoms with Crippen LogP contribution >= 0.6 is 0 Å². The van der Waals surface area contributed by atoms with Crippen molar-refractivity contribution in [2.75, 3.05) is 0 Å². The van der Waals surface area contributed by atoms with Gasteiger partial charge in [-0.2, -0.15) is 0 Å². The summed E-state index contributed by atoms with van der Waals surface area (Å²) in [5.74, 6) is 0. The molecule has 1 fully saturated rings. The molecule has 0 saturated heterocycles. The van der Waals surface area contributed by atoms with Crippen molar-refractivity contribution in [2.45, 2.75) is 40.0 Å². The maximum absolute atomic E-state index is 4.15. The van der Waals surface area contributed by atoms with E-state index in [4.69, 9.17) is 0 Å². The molecule has 1 aliphatic rings. The number of hydrogen-bond donors (Lipinski definition) is 0. The third-order valence-corrected chi connectivity index (χ3v) is 3.30. The molecule has 1 saturated carbocycles. The zero-order valence-corrected chi connectivity index (χ0v) is 9.11. The Hall–Kier alpha value is -0.780. The standard InChI is InChI=1S/C13H20/c1-10(2)11(3)9-12(4)13(5)7-6-8-13/h9H,1,4,6-8H2,2-3,5H3. The molecule has 1 rings (SSSR count). The molecule has 1 aliphatic carbocycles. The first kappa shape index (κ1) is 10.3. The van der Waals surface area contributed by atoms with E-state index in [0.29, 0.717) is 5.41 Å². The fraction of sp³-hybridized carbons (Fsp3) is 0.538. The van der Waals surface area contributed by atoms with Gasteiger partial charge in [-0.25, -0.2) is 0 Å². The predicted octanol–water partition coefficient (Wildman–Crippen LogP) is 4.26. The Morgan fingerprint density at radius 3 is 2.08 bits per heavy atom. The summed E-state index contributed by atoms with van der Waals surface area (Å²) in [4.78, 5) is 0. The van der Waals surface area contributed by atoms with Crippen molar-refractivity contribution in [1.82, 2.24) is 0 Å². The molecule has 13 heavy (non-hydrogen) atoms. The van der Waals surface area contributed by atoms with E-state index in [-0.39, 0.29) is 0 Å². The Kier molecular flexibility index (Phi) is 2.80.